The molecule has 0 unspecified atom stereocenters. The van der Waals surface area contributed by atoms with E-state index in [0.717, 1.165) is 25.2 Å². The summed E-state index contributed by atoms with van der Waals surface area (Å²) in [6.45, 7) is 7.47. The van der Waals surface area contributed by atoms with Crippen LogP contribution in [0.2, 0.25) is 0 Å². The zero-order valence-electron chi connectivity index (χ0n) is 20.9. The predicted octanol–water partition coefficient (Wildman–Crippen LogP) is 9.56. The molecule has 0 aliphatic carbocycles. The number of hydrogen-bond donors (Lipinski definition) is 0. The molecule has 0 bridgehead atoms. The standard InChI is InChI=1S/C28H54O2/c1-4-5-6-7-8-9-10-11-12-13-14-15-16-19-22-25-28(29)30-26-23-20-17-18-21-24-27(2)3/h11-12,27H,4-10,13-26H2,1-3H3/b12-11+. The Bertz CT molecular complexity index is 373. The summed E-state index contributed by atoms with van der Waals surface area (Å²) in [6.07, 6.45) is 29.6. The quantitative estimate of drug-likeness (QED) is 0.0930. The molecule has 178 valence electrons. The van der Waals surface area contributed by atoms with Gasteiger partial charge in [-0.1, -0.05) is 116 Å². The number of carbonyl (C=O) groups excluding carboxylic acids is 1. The highest BCUT2D eigenvalue weighted by Gasteiger charge is 2.02. The van der Waals surface area contributed by atoms with Crippen molar-refractivity contribution in [3.63, 3.8) is 0 Å². The molecule has 2 nitrogen and oxygen atoms in total. The van der Waals surface area contributed by atoms with E-state index in [2.05, 4.69) is 32.9 Å². The van der Waals surface area contributed by atoms with Crippen LogP contribution in [0.5, 0.6) is 0 Å². The van der Waals surface area contributed by atoms with E-state index in [-0.39, 0.29) is 5.97 Å². The Hall–Kier alpha value is -0.790. The summed E-state index contributed by atoms with van der Waals surface area (Å²) >= 11 is 0. The second kappa shape index (κ2) is 24.5. The van der Waals surface area contributed by atoms with Gasteiger partial charge in [0.05, 0.1) is 6.61 Å². The van der Waals surface area contributed by atoms with E-state index in [4.69, 9.17) is 4.74 Å². The third-order valence-electron chi connectivity index (χ3n) is 5.83. The molecule has 0 saturated heterocycles. The summed E-state index contributed by atoms with van der Waals surface area (Å²) < 4.78 is 5.36. The van der Waals surface area contributed by atoms with Crippen molar-refractivity contribution in [2.45, 2.75) is 149 Å². The summed E-state index contributed by atoms with van der Waals surface area (Å²) in [7, 11) is 0. The molecular formula is C28H54O2. The van der Waals surface area contributed by atoms with Crippen molar-refractivity contribution in [2.75, 3.05) is 6.61 Å². The minimum absolute atomic E-state index is 0.00688. The maximum Gasteiger partial charge on any atom is 0.305 e. The number of hydrogen-bond acceptors (Lipinski definition) is 2. The molecule has 30 heavy (non-hydrogen) atoms. The van der Waals surface area contributed by atoms with Gasteiger partial charge in [0, 0.05) is 6.42 Å². The first-order valence-corrected chi connectivity index (χ1v) is 13.5. The summed E-state index contributed by atoms with van der Waals surface area (Å²) in [4.78, 5) is 11.8. The van der Waals surface area contributed by atoms with Crippen LogP contribution in [0.25, 0.3) is 0 Å². The van der Waals surface area contributed by atoms with Gasteiger partial charge in [-0.25, -0.2) is 0 Å². The molecule has 0 aromatic heterocycles. The maximum absolute atomic E-state index is 11.8. The fourth-order valence-corrected chi connectivity index (χ4v) is 3.78. The van der Waals surface area contributed by atoms with Gasteiger partial charge in [0.2, 0.25) is 0 Å². The Kier molecular flexibility index (Phi) is 23.8. The number of carbonyl (C=O) groups is 1. The first-order chi connectivity index (χ1) is 14.7. The Morgan fingerprint density at radius 3 is 1.77 bits per heavy atom. The molecular weight excluding hydrogens is 368 g/mol. The molecule has 0 saturated carbocycles. The molecule has 2 heteroatoms. The van der Waals surface area contributed by atoms with Crippen LogP contribution in [0.15, 0.2) is 12.2 Å². The SMILES string of the molecule is CCCCCCCC/C=C/CCCCCCCC(=O)OCCCCCCCC(C)C. The van der Waals surface area contributed by atoms with E-state index < -0.39 is 0 Å². The van der Waals surface area contributed by atoms with Gasteiger partial charge in [-0.05, 0) is 44.4 Å². The highest BCUT2D eigenvalue weighted by molar-refractivity contribution is 5.69. The molecule has 0 fully saturated rings. The molecule has 0 aromatic rings. The second-order valence-corrected chi connectivity index (χ2v) is 9.51. The summed E-state index contributed by atoms with van der Waals surface area (Å²) in [5.74, 6) is 0.829. The molecule has 0 heterocycles. The number of rotatable bonds is 23. The van der Waals surface area contributed by atoms with Crippen molar-refractivity contribution < 1.29 is 9.53 Å². The first kappa shape index (κ1) is 29.2. The van der Waals surface area contributed by atoms with Crippen LogP contribution >= 0.6 is 0 Å². The average Bonchev–Trinajstić information content (AvgIpc) is 2.72. The molecule has 0 aliphatic heterocycles. The molecule has 0 aromatic carbocycles. The van der Waals surface area contributed by atoms with Crippen LogP contribution in [0.4, 0.5) is 0 Å². The van der Waals surface area contributed by atoms with E-state index >= 15 is 0 Å². The van der Waals surface area contributed by atoms with Crippen molar-refractivity contribution in [1.82, 2.24) is 0 Å². The Balaban J connectivity index is 3.21. The smallest absolute Gasteiger partial charge is 0.305 e. The largest absolute Gasteiger partial charge is 0.466 e. The Morgan fingerprint density at radius 1 is 0.667 bits per heavy atom. The molecule has 0 N–H and O–H groups in total. The summed E-state index contributed by atoms with van der Waals surface area (Å²) in [6, 6.07) is 0. The number of esters is 1. The first-order valence-electron chi connectivity index (χ1n) is 13.5. The number of ether oxygens (including phenoxy) is 1. The van der Waals surface area contributed by atoms with Crippen LogP contribution in [-0.4, -0.2) is 12.6 Å². The van der Waals surface area contributed by atoms with Gasteiger partial charge in [-0.3, -0.25) is 4.79 Å². The molecule has 0 rings (SSSR count). The second-order valence-electron chi connectivity index (χ2n) is 9.51. The van der Waals surface area contributed by atoms with Gasteiger partial charge < -0.3 is 4.74 Å². The lowest BCUT2D eigenvalue weighted by Gasteiger charge is -2.06. The fourth-order valence-electron chi connectivity index (χ4n) is 3.78. The number of unbranched alkanes of at least 4 members (excludes halogenated alkanes) is 15. The lowest BCUT2D eigenvalue weighted by molar-refractivity contribution is -0.143. The van der Waals surface area contributed by atoms with Crippen molar-refractivity contribution in [3.05, 3.63) is 12.2 Å². The minimum atomic E-state index is 0.00688. The summed E-state index contributed by atoms with van der Waals surface area (Å²) in [5, 5.41) is 0. The maximum atomic E-state index is 11.8. The van der Waals surface area contributed by atoms with Crippen LogP contribution < -0.4 is 0 Å². The van der Waals surface area contributed by atoms with Crippen LogP contribution in [0.3, 0.4) is 0 Å². The Morgan fingerprint density at radius 2 is 1.17 bits per heavy atom. The topological polar surface area (TPSA) is 26.3 Å². The van der Waals surface area contributed by atoms with Gasteiger partial charge in [0.1, 0.15) is 0 Å². The minimum Gasteiger partial charge on any atom is -0.466 e. The van der Waals surface area contributed by atoms with E-state index in [1.165, 1.54) is 103 Å². The van der Waals surface area contributed by atoms with E-state index in [1.54, 1.807) is 0 Å². The molecule has 0 radical (unpaired) electrons. The van der Waals surface area contributed by atoms with Crippen molar-refractivity contribution in [2.24, 2.45) is 5.92 Å². The zero-order chi connectivity index (χ0) is 22.1. The van der Waals surface area contributed by atoms with Gasteiger partial charge in [-0.15, -0.1) is 0 Å². The number of allylic oxidation sites excluding steroid dienone is 2. The zero-order valence-corrected chi connectivity index (χ0v) is 20.9. The van der Waals surface area contributed by atoms with E-state index in [1.807, 2.05) is 0 Å². The van der Waals surface area contributed by atoms with Crippen molar-refractivity contribution in [3.8, 4) is 0 Å². The van der Waals surface area contributed by atoms with Gasteiger partial charge >= 0.3 is 5.97 Å². The highest BCUT2D eigenvalue weighted by Crippen LogP contribution is 2.12. The van der Waals surface area contributed by atoms with Crippen LogP contribution in [0.1, 0.15) is 149 Å². The highest BCUT2D eigenvalue weighted by atomic mass is 16.5. The molecule has 0 atom stereocenters. The van der Waals surface area contributed by atoms with Gasteiger partial charge in [0.25, 0.3) is 0 Å². The monoisotopic (exact) mass is 422 g/mol. The average molecular weight is 423 g/mol. The predicted molar refractivity (Wildman–Crippen MR) is 133 cm³/mol. The third-order valence-corrected chi connectivity index (χ3v) is 5.83. The normalized spacial score (nSPS) is 11.6. The lowest BCUT2D eigenvalue weighted by Crippen LogP contribution is -2.05. The van der Waals surface area contributed by atoms with Crippen molar-refractivity contribution >= 4 is 5.97 Å². The third kappa shape index (κ3) is 25.2. The van der Waals surface area contributed by atoms with E-state index in [0.29, 0.717) is 13.0 Å². The fraction of sp³-hybridized carbons (Fsp3) is 0.893. The lowest BCUT2D eigenvalue weighted by atomic mass is 10.0. The molecule has 0 aliphatic rings. The van der Waals surface area contributed by atoms with Crippen molar-refractivity contribution in [1.29, 1.82) is 0 Å². The Labute approximate surface area is 189 Å². The molecule has 0 spiro atoms. The van der Waals surface area contributed by atoms with E-state index in [9.17, 15) is 4.79 Å². The van der Waals surface area contributed by atoms with Crippen LogP contribution in [0, 0.1) is 5.92 Å². The van der Waals surface area contributed by atoms with Gasteiger partial charge in [-0.2, -0.15) is 0 Å². The van der Waals surface area contributed by atoms with Crippen LogP contribution in [-0.2, 0) is 9.53 Å². The van der Waals surface area contributed by atoms with Gasteiger partial charge in [0.15, 0.2) is 0 Å². The summed E-state index contributed by atoms with van der Waals surface area (Å²) in [5.41, 5.74) is 0. The molecule has 0 amide bonds.